The lowest BCUT2D eigenvalue weighted by atomic mass is 9.84. The number of hydrogen-bond acceptors (Lipinski definition) is 1. The maximum Gasteiger partial charge on any atom is 0.0463 e. The summed E-state index contributed by atoms with van der Waals surface area (Å²) in [5, 5.41) is 0. The molecule has 1 heteroatoms. The lowest BCUT2D eigenvalue weighted by Gasteiger charge is -2.20. The highest BCUT2D eigenvalue weighted by atomic mass is 14.7. The van der Waals surface area contributed by atoms with Crippen molar-refractivity contribution in [3.63, 3.8) is 0 Å². The Morgan fingerprint density at radius 1 is 1.38 bits per heavy atom. The summed E-state index contributed by atoms with van der Waals surface area (Å²) < 4.78 is 0. The van der Waals surface area contributed by atoms with Crippen LogP contribution in [0.5, 0.6) is 0 Å². The molecule has 0 aliphatic carbocycles. The Labute approximate surface area is 80.2 Å². The summed E-state index contributed by atoms with van der Waals surface area (Å²) in [7, 11) is 0. The minimum absolute atomic E-state index is 0.0927. The van der Waals surface area contributed by atoms with Crippen molar-refractivity contribution in [3.05, 3.63) is 29.1 Å². The predicted molar refractivity (Wildman–Crippen MR) is 55.6 cm³/mol. The molecule has 1 rings (SSSR count). The van der Waals surface area contributed by atoms with Crippen LogP contribution in [0.2, 0.25) is 0 Å². The Morgan fingerprint density at radius 2 is 2.00 bits per heavy atom. The Bertz CT molecular complexity index is 350. The Morgan fingerprint density at radius 3 is 2.46 bits per heavy atom. The van der Waals surface area contributed by atoms with Crippen molar-refractivity contribution in [2.24, 2.45) is 0 Å². The molecule has 0 spiro atoms. The second-order valence-electron chi connectivity index (χ2n) is 4.27. The van der Waals surface area contributed by atoms with Gasteiger partial charge in [-0.1, -0.05) is 26.7 Å². The molecule has 0 amide bonds. The smallest absolute Gasteiger partial charge is 0.0463 e. The molecule has 68 valence electrons. The summed E-state index contributed by atoms with van der Waals surface area (Å²) in [6, 6.07) is 2.06. The SMILES string of the molecule is C#Cc1cnc(C)cc1C(C)(C)C. The molecule has 0 fully saturated rings. The first kappa shape index (κ1) is 9.80. The first-order chi connectivity index (χ1) is 5.95. The summed E-state index contributed by atoms with van der Waals surface area (Å²) in [5.74, 6) is 2.67. The van der Waals surface area contributed by atoms with E-state index in [4.69, 9.17) is 6.42 Å². The molecule has 1 heterocycles. The van der Waals surface area contributed by atoms with Gasteiger partial charge in [0.15, 0.2) is 0 Å². The van der Waals surface area contributed by atoms with Crippen molar-refractivity contribution in [2.75, 3.05) is 0 Å². The van der Waals surface area contributed by atoms with Gasteiger partial charge in [0.2, 0.25) is 0 Å². The standard InChI is InChI=1S/C12H15N/c1-6-10-8-13-9(2)7-11(10)12(3,4)5/h1,7-8H,2-5H3. The second-order valence-corrected chi connectivity index (χ2v) is 4.27. The van der Waals surface area contributed by atoms with E-state index in [1.165, 1.54) is 5.56 Å². The number of hydrogen-bond donors (Lipinski definition) is 0. The zero-order chi connectivity index (χ0) is 10.1. The van der Waals surface area contributed by atoms with Crippen LogP contribution in [0.1, 0.15) is 37.6 Å². The van der Waals surface area contributed by atoms with Gasteiger partial charge in [-0.25, -0.2) is 0 Å². The summed E-state index contributed by atoms with van der Waals surface area (Å²) in [6.07, 6.45) is 7.18. The van der Waals surface area contributed by atoms with E-state index in [9.17, 15) is 0 Å². The Hall–Kier alpha value is -1.29. The monoisotopic (exact) mass is 173 g/mol. The fourth-order valence-electron chi connectivity index (χ4n) is 1.30. The van der Waals surface area contributed by atoms with Gasteiger partial charge in [-0.05, 0) is 24.0 Å². The van der Waals surface area contributed by atoms with Crippen LogP contribution in [0.25, 0.3) is 0 Å². The number of rotatable bonds is 0. The first-order valence-corrected chi connectivity index (χ1v) is 4.39. The highest BCUT2D eigenvalue weighted by Gasteiger charge is 2.17. The molecule has 0 saturated heterocycles. The van der Waals surface area contributed by atoms with Crippen LogP contribution in [0, 0.1) is 19.3 Å². The van der Waals surface area contributed by atoms with Crippen LogP contribution in [-0.2, 0) is 5.41 Å². The van der Waals surface area contributed by atoms with Crippen LogP contribution >= 0.6 is 0 Å². The molecular formula is C12H15N. The molecule has 13 heavy (non-hydrogen) atoms. The van der Waals surface area contributed by atoms with Gasteiger partial charge in [0.25, 0.3) is 0 Å². The number of nitrogens with zero attached hydrogens (tertiary/aromatic N) is 1. The fraction of sp³-hybridized carbons (Fsp3) is 0.417. The van der Waals surface area contributed by atoms with Crippen molar-refractivity contribution >= 4 is 0 Å². The zero-order valence-corrected chi connectivity index (χ0v) is 8.68. The average molecular weight is 173 g/mol. The Kier molecular flexibility index (Phi) is 2.43. The highest BCUT2D eigenvalue weighted by molar-refractivity contribution is 5.42. The average Bonchev–Trinajstić information content (AvgIpc) is 2.03. The van der Waals surface area contributed by atoms with E-state index < -0.39 is 0 Å². The molecule has 1 aromatic rings. The topological polar surface area (TPSA) is 12.9 Å². The van der Waals surface area contributed by atoms with Gasteiger partial charge in [-0.2, -0.15) is 0 Å². The number of aryl methyl sites for hydroxylation is 1. The third-order valence-electron chi connectivity index (χ3n) is 2.00. The lowest BCUT2D eigenvalue weighted by Crippen LogP contribution is -2.14. The van der Waals surface area contributed by atoms with E-state index in [2.05, 4.69) is 37.7 Å². The Balaban J connectivity index is 3.35. The third kappa shape index (κ3) is 2.09. The normalized spacial score (nSPS) is 11.0. The van der Waals surface area contributed by atoms with Gasteiger partial charge < -0.3 is 0 Å². The van der Waals surface area contributed by atoms with Gasteiger partial charge in [-0.3, -0.25) is 4.98 Å². The maximum atomic E-state index is 5.41. The lowest BCUT2D eigenvalue weighted by molar-refractivity contribution is 0.587. The molecule has 0 unspecified atom stereocenters. The maximum absolute atomic E-state index is 5.41. The van der Waals surface area contributed by atoms with Crippen molar-refractivity contribution in [1.29, 1.82) is 0 Å². The zero-order valence-electron chi connectivity index (χ0n) is 8.68. The van der Waals surface area contributed by atoms with Gasteiger partial charge in [0, 0.05) is 17.5 Å². The van der Waals surface area contributed by atoms with E-state index in [1.807, 2.05) is 6.92 Å². The quantitative estimate of drug-likeness (QED) is 0.550. The molecule has 0 bridgehead atoms. The van der Waals surface area contributed by atoms with E-state index in [1.54, 1.807) is 6.20 Å². The van der Waals surface area contributed by atoms with Gasteiger partial charge >= 0.3 is 0 Å². The van der Waals surface area contributed by atoms with Crippen LogP contribution in [-0.4, -0.2) is 4.98 Å². The van der Waals surface area contributed by atoms with E-state index in [-0.39, 0.29) is 5.41 Å². The second kappa shape index (κ2) is 3.22. The summed E-state index contributed by atoms with van der Waals surface area (Å²) in [6.45, 7) is 8.45. The fourth-order valence-corrected chi connectivity index (χ4v) is 1.30. The van der Waals surface area contributed by atoms with Crippen LogP contribution in [0.3, 0.4) is 0 Å². The highest BCUT2D eigenvalue weighted by Crippen LogP contribution is 2.25. The minimum atomic E-state index is 0.0927. The predicted octanol–water partition coefficient (Wildman–Crippen LogP) is 2.67. The molecule has 0 aromatic carbocycles. The number of aromatic nitrogens is 1. The largest absolute Gasteiger partial charge is 0.260 e. The molecule has 0 aliphatic rings. The van der Waals surface area contributed by atoms with Crippen molar-refractivity contribution < 1.29 is 0 Å². The third-order valence-corrected chi connectivity index (χ3v) is 2.00. The molecule has 0 saturated carbocycles. The van der Waals surface area contributed by atoms with Gasteiger partial charge in [-0.15, -0.1) is 6.42 Å². The first-order valence-electron chi connectivity index (χ1n) is 4.39. The number of terminal acetylenes is 1. The van der Waals surface area contributed by atoms with Crippen LogP contribution in [0.15, 0.2) is 12.3 Å². The molecule has 0 aliphatic heterocycles. The summed E-state index contributed by atoms with van der Waals surface area (Å²) >= 11 is 0. The van der Waals surface area contributed by atoms with Crippen LogP contribution in [0.4, 0.5) is 0 Å². The van der Waals surface area contributed by atoms with Crippen LogP contribution < -0.4 is 0 Å². The van der Waals surface area contributed by atoms with Crippen molar-refractivity contribution in [3.8, 4) is 12.3 Å². The van der Waals surface area contributed by atoms with E-state index in [0.29, 0.717) is 0 Å². The van der Waals surface area contributed by atoms with Crippen molar-refractivity contribution in [1.82, 2.24) is 4.98 Å². The molecule has 0 N–H and O–H groups in total. The minimum Gasteiger partial charge on any atom is -0.260 e. The molecule has 0 atom stereocenters. The number of pyridine rings is 1. The molecule has 0 radical (unpaired) electrons. The molecule has 1 aromatic heterocycles. The summed E-state index contributed by atoms with van der Waals surface area (Å²) in [5.41, 5.74) is 3.21. The van der Waals surface area contributed by atoms with Gasteiger partial charge in [0.05, 0.1) is 0 Å². The van der Waals surface area contributed by atoms with E-state index >= 15 is 0 Å². The molecule has 1 nitrogen and oxygen atoms in total. The molecular weight excluding hydrogens is 158 g/mol. The van der Waals surface area contributed by atoms with E-state index in [0.717, 1.165) is 11.3 Å². The summed E-state index contributed by atoms with van der Waals surface area (Å²) in [4.78, 5) is 4.18. The van der Waals surface area contributed by atoms with Gasteiger partial charge in [0.1, 0.15) is 0 Å². The van der Waals surface area contributed by atoms with Crippen molar-refractivity contribution in [2.45, 2.75) is 33.1 Å².